The number of benzene rings is 1. The van der Waals surface area contributed by atoms with E-state index in [1.165, 1.54) is 4.31 Å². The van der Waals surface area contributed by atoms with Crippen LogP contribution in [0.15, 0.2) is 24.3 Å². The molecule has 0 radical (unpaired) electrons. The number of carbonyl (C=O) groups is 1. The molecule has 0 aromatic heterocycles. The fraction of sp³-hybridized carbons (Fsp3) is 0.562. The molecule has 1 aromatic rings. The van der Waals surface area contributed by atoms with Crippen LogP contribution in [0.5, 0.6) is 0 Å². The van der Waals surface area contributed by atoms with Gasteiger partial charge in [-0.15, -0.1) is 0 Å². The molecule has 1 aromatic carbocycles. The van der Waals surface area contributed by atoms with Gasteiger partial charge in [-0.25, -0.2) is 12.7 Å². The van der Waals surface area contributed by atoms with E-state index < -0.39 is 10.0 Å². The predicted molar refractivity (Wildman–Crippen MR) is 91.7 cm³/mol. The number of hydrogen-bond acceptors (Lipinski definition) is 3. The predicted octanol–water partition coefficient (Wildman–Crippen LogP) is 2.41. The Labute approximate surface area is 143 Å². The quantitative estimate of drug-likeness (QED) is 0.849. The van der Waals surface area contributed by atoms with Crippen molar-refractivity contribution in [2.45, 2.75) is 32.7 Å². The number of nitrogens with zero attached hydrogens (tertiary/aromatic N) is 1. The van der Waals surface area contributed by atoms with Crippen molar-refractivity contribution in [1.82, 2.24) is 9.62 Å². The van der Waals surface area contributed by atoms with Crippen molar-refractivity contribution in [1.29, 1.82) is 0 Å². The van der Waals surface area contributed by atoms with Crippen molar-refractivity contribution in [3.05, 3.63) is 34.9 Å². The van der Waals surface area contributed by atoms with Crippen LogP contribution in [0.25, 0.3) is 0 Å². The average Bonchev–Trinajstić information content (AvgIpc) is 2.54. The molecule has 0 saturated carbocycles. The van der Waals surface area contributed by atoms with Gasteiger partial charge >= 0.3 is 0 Å². The van der Waals surface area contributed by atoms with Gasteiger partial charge in [-0.3, -0.25) is 4.79 Å². The highest BCUT2D eigenvalue weighted by molar-refractivity contribution is 7.89. The third-order valence-corrected chi connectivity index (χ3v) is 6.43. The van der Waals surface area contributed by atoms with Gasteiger partial charge < -0.3 is 5.32 Å². The van der Waals surface area contributed by atoms with E-state index in [0.29, 0.717) is 37.4 Å². The summed E-state index contributed by atoms with van der Waals surface area (Å²) < 4.78 is 25.8. The minimum Gasteiger partial charge on any atom is -0.352 e. The van der Waals surface area contributed by atoms with E-state index >= 15 is 0 Å². The molecule has 0 unspecified atom stereocenters. The summed E-state index contributed by atoms with van der Waals surface area (Å²) in [6, 6.07) is 7.35. The van der Waals surface area contributed by atoms with E-state index in [9.17, 15) is 13.2 Å². The molecular weight excluding hydrogens is 336 g/mol. The standard InChI is InChI=1S/C16H23ClN2O3S/c1-2-10-23(21,22)19-9-5-7-14(12-19)16(20)18-11-13-6-3-4-8-15(13)17/h3-4,6,8,14H,2,5,7,9-12H2,1H3,(H,18,20)/t14-/m0/s1. The maximum Gasteiger partial charge on any atom is 0.224 e. The minimum absolute atomic E-state index is 0.110. The summed E-state index contributed by atoms with van der Waals surface area (Å²) in [7, 11) is -3.24. The first-order chi connectivity index (χ1) is 10.9. The largest absolute Gasteiger partial charge is 0.352 e. The lowest BCUT2D eigenvalue weighted by Gasteiger charge is -2.31. The number of hydrogen-bond donors (Lipinski definition) is 1. The average molecular weight is 359 g/mol. The van der Waals surface area contributed by atoms with Crippen LogP contribution in [0.2, 0.25) is 5.02 Å². The molecule has 0 aliphatic carbocycles. The second kappa shape index (κ2) is 8.13. The van der Waals surface area contributed by atoms with Gasteiger partial charge in [0.15, 0.2) is 0 Å². The van der Waals surface area contributed by atoms with E-state index in [0.717, 1.165) is 5.56 Å². The molecule has 5 nitrogen and oxygen atoms in total. The highest BCUT2D eigenvalue weighted by atomic mass is 35.5. The van der Waals surface area contributed by atoms with Gasteiger partial charge in [0.25, 0.3) is 0 Å². The second-order valence-corrected chi connectivity index (χ2v) is 8.32. The molecule has 128 valence electrons. The Kier molecular flexibility index (Phi) is 6.44. The molecule has 1 saturated heterocycles. The Morgan fingerprint density at radius 2 is 2.13 bits per heavy atom. The molecule has 1 aliphatic heterocycles. The first kappa shape index (κ1) is 18.2. The minimum atomic E-state index is -3.24. The van der Waals surface area contributed by atoms with Crippen LogP contribution in [0.3, 0.4) is 0 Å². The van der Waals surface area contributed by atoms with Gasteiger partial charge in [0.05, 0.1) is 11.7 Å². The number of piperidine rings is 1. The Balaban J connectivity index is 1.93. The lowest BCUT2D eigenvalue weighted by atomic mass is 9.99. The molecule has 2 rings (SSSR count). The SMILES string of the molecule is CCCS(=O)(=O)N1CCC[C@H](C(=O)NCc2ccccc2Cl)C1. The van der Waals surface area contributed by atoms with Gasteiger partial charge in [0, 0.05) is 24.7 Å². The summed E-state index contributed by atoms with van der Waals surface area (Å²) in [5, 5.41) is 3.48. The maximum absolute atomic E-state index is 12.3. The van der Waals surface area contributed by atoms with Crippen molar-refractivity contribution in [2.75, 3.05) is 18.8 Å². The molecule has 1 amide bonds. The van der Waals surface area contributed by atoms with Crippen LogP contribution in [-0.2, 0) is 21.4 Å². The highest BCUT2D eigenvalue weighted by Crippen LogP contribution is 2.21. The Morgan fingerprint density at radius 1 is 1.39 bits per heavy atom. The van der Waals surface area contributed by atoms with Crippen LogP contribution in [0.1, 0.15) is 31.7 Å². The molecular formula is C16H23ClN2O3S. The molecule has 0 bridgehead atoms. The van der Waals surface area contributed by atoms with Crippen molar-refractivity contribution < 1.29 is 13.2 Å². The van der Waals surface area contributed by atoms with E-state index in [1.54, 1.807) is 6.07 Å². The Hall–Kier alpha value is -1.11. The van der Waals surface area contributed by atoms with Crippen LogP contribution in [0.4, 0.5) is 0 Å². The van der Waals surface area contributed by atoms with Gasteiger partial charge in [-0.1, -0.05) is 36.7 Å². The van der Waals surface area contributed by atoms with Gasteiger partial charge in [-0.2, -0.15) is 0 Å². The molecule has 0 spiro atoms. The third kappa shape index (κ3) is 4.93. The van der Waals surface area contributed by atoms with Crippen LogP contribution < -0.4 is 5.32 Å². The lowest BCUT2D eigenvalue weighted by Crippen LogP contribution is -2.45. The molecule has 1 heterocycles. The van der Waals surface area contributed by atoms with E-state index in [1.807, 2.05) is 25.1 Å². The Bertz CT molecular complexity index is 648. The van der Waals surface area contributed by atoms with Crippen LogP contribution in [-0.4, -0.2) is 37.5 Å². The topological polar surface area (TPSA) is 66.5 Å². The smallest absolute Gasteiger partial charge is 0.224 e. The van der Waals surface area contributed by atoms with Crippen molar-refractivity contribution in [3.63, 3.8) is 0 Å². The first-order valence-corrected chi connectivity index (χ1v) is 9.91. The zero-order chi connectivity index (χ0) is 16.9. The highest BCUT2D eigenvalue weighted by Gasteiger charge is 2.31. The number of carbonyl (C=O) groups excluding carboxylic acids is 1. The fourth-order valence-corrected chi connectivity index (χ4v) is 4.56. The molecule has 23 heavy (non-hydrogen) atoms. The van der Waals surface area contributed by atoms with Crippen molar-refractivity contribution >= 4 is 27.5 Å². The summed E-state index contributed by atoms with van der Waals surface area (Å²) in [5.74, 6) is -0.264. The summed E-state index contributed by atoms with van der Waals surface area (Å²) in [6.45, 7) is 2.99. The van der Waals surface area contributed by atoms with Crippen molar-refractivity contribution in [2.24, 2.45) is 5.92 Å². The van der Waals surface area contributed by atoms with E-state index in [2.05, 4.69) is 5.32 Å². The first-order valence-electron chi connectivity index (χ1n) is 7.93. The van der Waals surface area contributed by atoms with Gasteiger partial charge in [-0.05, 0) is 30.9 Å². The summed E-state index contributed by atoms with van der Waals surface area (Å²) in [4.78, 5) is 12.3. The van der Waals surface area contributed by atoms with Crippen LogP contribution in [0, 0.1) is 5.92 Å². The zero-order valence-electron chi connectivity index (χ0n) is 13.3. The molecule has 1 atom stereocenters. The maximum atomic E-state index is 12.3. The monoisotopic (exact) mass is 358 g/mol. The summed E-state index contributed by atoms with van der Waals surface area (Å²) in [6.07, 6.45) is 2.02. The molecule has 1 aliphatic rings. The van der Waals surface area contributed by atoms with Crippen molar-refractivity contribution in [3.8, 4) is 0 Å². The number of amides is 1. The van der Waals surface area contributed by atoms with E-state index in [-0.39, 0.29) is 24.1 Å². The third-order valence-electron chi connectivity index (χ3n) is 4.02. The number of halogens is 1. The number of sulfonamides is 1. The zero-order valence-corrected chi connectivity index (χ0v) is 14.9. The normalized spacial score (nSPS) is 19.5. The number of nitrogens with one attached hydrogen (secondary N) is 1. The summed E-state index contributed by atoms with van der Waals surface area (Å²) in [5.41, 5.74) is 0.855. The Morgan fingerprint density at radius 3 is 2.83 bits per heavy atom. The fourth-order valence-electron chi connectivity index (χ4n) is 2.76. The molecule has 1 N–H and O–H groups in total. The number of rotatable bonds is 6. The lowest BCUT2D eigenvalue weighted by molar-refractivity contribution is -0.126. The van der Waals surface area contributed by atoms with E-state index in [4.69, 9.17) is 11.6 Å². The second-order valence-electron chi connectivity index (χ2n) is 5.82. The summed E-state index contributed by atoms with van der Waals surface area (Å²) >= 11 is 6.07. The van der Waals surface area contributed by atoms with Gasteiger partial charge in [0.1, 0.15) is 0 Å². The molecule has 1 fully saturated rings. The molecule has 7 heteroatoms. The van der Waals surface area contributed by atoms with Crippen LogP contribution >= 0.6 is 11.6 Å². The van der Waals surface area contributed by atoms with Gasteiger partial charge in [0.2, 0.25) is 15.9 Å².